The van der Waals surface area contributed by atoms with E-state index in [9.17, 15) is 9.90 Å². The van der Waals surface area contributed by atoms with Crippen LogP contribution in [0.4, 0.5) is 0 Å². The van der Waals surface area contributed by atoms with Crippen LogP contribution in [0.1, 0.15) is 34.5 Å². The van der Waals surface area contributed by atoms with Gasteiger partial charge in [0.2, 0.25) is 0 Å². The number of nitrogens with zero attached hydrogens (tertiary/aromatic N) is 1. The second-order valence-corrected chi connectivity index (χ2v) is 8.40. The topological polar surface area (TPSA) is 51.5 Å². The minimum Gasteiger partial charge on any atom is -0.493 e. The van der Waals surface area contributed by atoms with Crippen LogP contribution in [0.2, 0.25) is 0 Å². The van der Waals surface area contributed by atoms with Gasteiger partial charge in [-0.2, -0.15) is 0 Å². The molecule has 0 unspecified atom stereocenters. The van der Waals surface area contributed by atoms with Crippen molar-refractivity contribution in [3.05, 3.63) is 89.6 Å². The van der Waals surface area contributed by atoms with Crippen LogP contribution in [0.15, 0.2) is 72.8 Å². The second-order valence-electron chi connectivity index (χ2n) is 8.40. The van der Waals surface area contributed by atoms with E-state index >= 15 is 0 Å². The highest BCUT2D eigenvalue weighted by molar-refractivity contribution is 6.08. The maximum atomic E-state index is 12.5. The zero-order valence-corrected chi connectivity index (χ0v) is 17.5. The van der Waals surface area contributed by atoms with Crippen molar-refractivity contribution < 1.29 is 14.6 Å². The molecule has 0 aliphatic heterocycles. The average Bonchev–Trinajstić information content (AvgIpc) is 3.54. The monoisotopic (exact) mass is 411 g/mol. The number of aromatic nitrogens is 1. The third-order valence-electron chi connectivity index (χ3n) is 5.90. The standard InChI is InChI=1S/C27H25NO3/c1-18-6-4-8-21(14-18)25-23-10-2-3-11-24(23)28(26(25)27(29)30)16-20-7-5-9-22(15-20)31-17-19-12-13-19/h2-11,14-15,19H,12-13,16-17H2,1H3,(H,29,30). The van der Waals surface area contributed by atoms with E-state index in [0.29, 0.717) is 18.2 Å². The highest BCUT2D eigenvalue weighted by atomic mass is 16.5. The summed E-state index contributed by atoms with van der Waals surface area (Å²) >= 11 is 0. The lowest BCUT2D eigenvalue weighted by atomic mass is 10.00. The fourth-order valence-corrected chi connectivity index (χ4v) is 4.20. The Kier molecular flexibility index (Phi) is 4.99. The van der Waals surface area contributed by atoms with Gasteiger partial charge in [-0.15, -0.1) is 0 Å². The highest BCUT2D eigenvalue weighted by Crippen LogP contribution is 2.36. The average molecular weight is 412 g/mol. The van der Waals surface area contributed by atoms with Crippen molar-refractivity contribution in [2.24, 2.45) is 5.92 Å². The number of carboxylic acids is 1. The lowest BCUT2D eigenvalue weighted by molar-refractivity contribution is 0.0687. The summed E-state index contributed by atoms with van der Waals surface area (Å²) in [6.07, 6.45) is 2.50. The number of benzene rings is 3. The fraction of sp³-hybridized carbons (Fsp3) is 0.222. The van der Waals surface area contributed by atoms with Crippen molar-refractivity contribution in [3.63, 3.8) is 0 Å². The molecule has 4 aromatic rings. The third-order valence-corrected chi connectivity index (χ3v) is 5.90. The largest absolute Gasteiger partial charge is 0.493 e. The number of carboxylic acid groups (broad SMARTS) is 1. The van der Waals surface area contributed by atoms with Crippen molar-refractivity contribution >= 4 is 16.9 Å². The Morgan fingerprint density at radius 3 is 2.61 bits per heavy atom. The van der Waals surface area contributed by atoms with Crippen LogP contribution in [-0.2, 0) is 6.54 Å². The maximum Gasteiger partial charge on any atom is 0.353 e. The summed E-state index contributed by atoms with van der Waals surface area (Å²) in [5, 5.41) is 11.2. The SMILES string of the molecule is Cc1cccc(-c2c(C(=O)O)n(Cc3cccc(OCC4CC4)c3)c3ccccc23)c1. The summed E-state index contributed by atoms with van der Waals surface area (Å²) in [4.78, 5) is 12.5. The normalized spacial score (nSPS) is 13.5. The van der Waals surface area contributed by atoms with Crippen LogP contribution < -0.4 is 4.74 Å². The Hall–Kier alpha value is -3.53. The zero-order chi connectivity index (χ0) is 21.4. The van der Waals surface area contributed by atoms with Crippen LogP contribution in [0.3, 0.4) is 0 Å². The molecule has 0 spiro atoms. The van der Waals surface area contributed by atoms with Crippen LogP contribution >= 0.6 is 0 Å². The van der Waals surface area contributed by atoms with Gasteiger partial charge in [-0.1, -0.05) is 60.2 Å². The molecule has 0 saturated heterocycles. The first-order chi connectivity index (χ1) is 15.1. The molecule has 1 aliphatic carbocycles. The maximum absolute atomic E-state index is 12.5. The van der Waals surface area contributed by atoms with Gasteiger partial charge in [0, 0.05) is 23.0 Å². The number of fused-ring (bicyclic) bond motifs is 1. The van der Waals surface area contributed by atoms with Gasteiger partial charge in [0.05, 0.1) is 6.61 Å². The van der Waals surface area contributed by atoms with Gasteiger partial charge in [-0.05, 0) is 55.0 Å². The van der Waals surface area contributed by atoms with E-state index in [2.05, 4.69) is 0 Å². The molecule has 1 N–H and O–H groups in total. The number of aryl methyl sites for hydroxylation is 1. The molecule has 31 heavy (non-hydrogen) atoms. The fourth-order valence-electron chi connectivity index (χ4n) is 4.20. The molecule has 1 aliphatic rings. The first-order valence-electron chi connectivity index (χ1n) is 10.7. The molecule has 0 bridgehead atoms. The molecule has 5 rings (SSSR count). The lowest BCUT2D eigenvalue weighted by Gasteiger charge is -2.12. The van der Waals surface area contributed by atoms with Crippen LogP contribution in [0.25, 0.3) is 22.0 Å². The van der Waals surface area contributed by atoms with E-state index in [1.165, 1.54) is 12.8 Å². The molecule has 4 heteroatoms. The summed E-state index contributed by atoms with van der Waals surface area (Å²) in [5.74, 6) is 0.609. The van der Waals surface area contributed by atoms with Gasteiger partial charge < -0.3 is 14.4 Å². The minimum absolute atomic E-state index is 0.316. The summed E-state index contributed by atoms with van der Waals surface area (Å²) in [7, 11) is 0. The molecule has 4 nitrogen and oxygen atoms in total. The third kappa shape index (κ3) is 3.93. The van der Waals surface area contributed by atoms with Crippen LogP contribution in [0, 0.1) is 12.8 Å². The molecule has 0 radical (unpaired) electrons. The van der Waals surface area contributed by atoms with Gasteiger partial charge in [-0.25, -0.2) is 4.79 Å². The van der Waals surface area contributed by atoms with E-state index < -0.39 is 5.97 Å². The molecule has 3 aromatic carbocycles. The number of rotatable bonds is 7. The Bertz CT molecular complexity index is 1270. The first kappa shape index (κ1) is 19.4. The van der Waals surface area contributed by atoms with E-state index in [1.54, 1.807) is 0 Å². The van der Waals surface area contributed by atoms with Gasteiger partial charge in [0.1, 0.15) is 11.4 Å². The number of hydrogen-bond acceptors (Lipinski definition) is 2. The molecule has 1 heterocycles. The second kappa shape index (κ2) is 7.95. The summed E-state index contributed by atoms with van der Waals surface area (Å²) < 4.78 is 7.85. The minimum atomic E-state index is -0.922. The number of para-hydroxylation sites is 1. The summed E-state index contributed by atoms with van der Waals surface area (Å²) in [5.41, 5.74) is 5.05. The van der Waals surface area contributed by atoms with Gasteiger partial charge in [0.25, 0.3) is 0 Å². The van der Waals surface area contributed by atoms with Crippen molar-refractivity contribution in [1.82, 2.24) is 4.57 Å². The molecule has 0 atom stereocenters. The molecule has 1 saturated carbocycles. The molecular weight excluding hydrogens is 386 g/mol. The smallest absolute Gasteiger partial charge is 0.353 e. The summed E-state index contributed by atoms with van der Waals surface area (Å²) in [6.45, 7) is 3.25. The molecule has 156 valence electrons. The lowest BCUT2D eigenvalue weighted by Crippen LogP contribution is -2.11. The zero-order valence-electron chi connectivity index (χ0n) is 17.5. The number of aromatic carboxylic acids is 1. The van der Waals surface area contributed by atoms with Crippen molar-refractivity contribution in [2.75, 3.05) is 6.61 Å². The number of carbonyl (C=O) groups is 1. The van der Waals surface area contributed by atoms with Gasteiger partial charge in [-0.3, -0.25) is 0 Å². The molecule has 1 fully saturated rings. The van der Waals surface area contributed by atoms with Gasteiger partial charge >= 0.3 is 5.97 Å². The van der Waals surface area contributed by atoms with Crippen LogP contribution in [-0.4, -0.2) is 22.2 Å². The van der Waals surface area contributed by atoms with E-state index in [1.807, 2.05) is 84.3 Å². The predicted molar refractivity (Wildman–Crippen MR) is 123 cm³/mol. The Morgan fingerprint density at radius 1 is 1.03 bits per heavy atom. The Labute approximate surface area is 181 Å². The molecule has 1 aromatic heterocycles. The number of ether oxygens (including phenoxy) is 1. The summed E-state index contributed by atoms with van der Waals surface area (Å²) in [6, 6.07) is 23.9. The van der Waals surface area contributed by atoms with Crippen molar-refractivity contribution in [2.45, 2.75) is 26.3 Å². The van der Waals surface area contributed by atoms with Crippen LogP contribution in [0.5, 0.6) is 5.75 Å². The van der Waals surface area contributed by atoms with Gasteiger partial charge in [0.15, 0.2) is 0 Å². The quantitative estimate of drug-likeness (QED) is 0.397. The van der Waals surface area contributed by atoms with E-state index in [0.717, 1.165) is 45.5 Å². The Morgan fingerprint density at radius 2 is 1.84 bits per heavy atom. The van der Waals surface area contributed by atoms with Crippen molar-refractivity contribution in [1.29, 1.82) is 0 Å². The highest BCUT2D eigenvalue weighted by Gasteiger charge is 2.24. The Balaban J connectivity index is 1.61. The molecule has 0 amide bonds. The predicted octanol–water partition coefficient (Wildman–Crippen LogP) is 6.15. The van der Waals surface area contributed by atoms with E-state index in [-0.39, 0.29) is 0 Å². The van der Waals surface area contributed by atoms with Crippen molar-refractivity contribution in [3.8, 4) is 16.9 Å². The van der Waals surface area contributed by atoms with E-state index in [4.69, 9.17) is 4.74 Å². The number of hydrogen-bond donors (Lipinski definition) is 1. The first-order valence-corrected chi connectivity index (χ1v) is 10.7. The molecular formula is C27H25NO3.